The molecule has 3 fully saturated rings. The van der Waals surface area contributed by atoms with Crippen molar-refractivity contribution in [1.82, 2.24) is 31.9 Å². The van der Waals surface area contributed by atoms with Crippen LogP contribution in [0.3, 0.4) is 0 Å². The molecule has 4 aliphatic carbocycles. The normalized spacial score (nSPS) is 22.9. The minimum atomic E-state index is -1.00. The van der Waals surface area contributed by atoms with Crippen LogP contribution in [0.2, 0.25) is 0 Å². The highest BCUT2D eigenvalue weighted by atomic mass is 79.9. The van der Waals surface area contributed by atoms with Crippen molar-refractivity contribution in [3.8, 4) is 0 Å². The van der Waals surface area contributed by atoms with Crippen LogP contribution in [-0.4, -0.2) is 69.3 Å². The van der Waals surface area contributed by atoms with E-state index in [-0.39, 0.29) is 29.3 Å². The van der Waals surface area contributed by atoms with Crippen LogP contribution in [0.5, 0.6) is 0 Å². The molecule has 0 bridgehead atoms. The van der Waals surface area contributed by atoms with Gasteiger partial charge in [-0.2, -0.15) is 0 Å². The Bertz CT molecular complexity index is 2490. The lowest BCUT2D eigenvalue weighted by atomic mass is 9.96. The van der Waals surface area contributed by atoms with E-state index in [9.17, 15) is 38.4 Å². The van der Waals surface area contributed by atoms with E-state index in [4.69, 9.17) is 5.11 Å². The van der Waals surface area contributed by atoms with Gasteiger partial charge in [-0.3, -0.25) is 35.1 Å². The summed E-state index contributed by atoms with van der Waals surface area (Å²) in [6, 6.07) is 25.4. The maximum Gasteiger partial charge on any atom is 0.335 e. The zero-order valence-electron chi connectivity index (χ0n) is 31.3. The van der Waals surface area contributed by atoms with Gasteiger partial charge in [0.25, 0.3) is 17.7 Å². The van der Waals surface area contributed by atoms with Crippen molar-refractivity contribution in [3.05, 3.63) is 139 Å². The molecule has 9 amide bonds. The molecule has 2 atom stereocenters. The van der Waals surface area contributed by atoms with Gasteiger partial charge >= 0.3 is 24.1 Å². The number of aromatic carboxylic acids is 1. The molecular formula is C43H37BrN6O9. The second-order valence-electron chi connectivity index (χ2n) is 15.7. The molecule has 59 heavy (non-hydrogen) atoms. The predicted molar refractivity (Wildman–Crippen MR) is 213 cm³/mol. The number of imide groups is 3. The second-order valence-corrected chi connectivity index (χ2v) is 16.6. The van der Waals surface area contributed by atoms with E-state index in [2.05, 4.69) is 47.8 Å². The van der Waals surface area contributed by atoms with Crippen molar-refractivity contribution in [3.63, 3.8) is 0 Å². The molecule has 16 heteroatoms. The van der Waals surface area contributed by atoms with E-state index in [1.54, 1.807) is 12.1 Å². The number of rotatable bonds is 1. The Morgan fingerprint density at radius 2 is 0.831 bits per heavy atom. The van der Waals surface area contributed by atoms with Crippen molar-refractivity contribution in [2.24, 2.45) is 0 Å². The number of carboxylic acids is 1. The molecule has 2 unspecified atom stereocenters. The predicted octanol–water partition coefficient (Wildman–Crippen LogP) is 2.91. The maximum absolute atomic E-state index is 11.8. The monoisotopic (exact) mass is 860 g/mol. The minimum absolute atomic E-state index is 0.190. The summed E-state index contributed by atoms with van der Waals surface area (Å²) in [5.41, 5.74) is 6.45. The van der Waals surface area contributed by atoms with Crippen LogP contribution in [0.25, 0.3) is 0 Å². The number of halogens is 1. The van der Waals surface area contributed by atoms with Gasteiger partial charge in [0.2, 0.25) is 0 Å². The first kappa shape index (κ1) is 39.2. The van der Waals surface area contributed by atoms with Crippen molar-refractivity contribution in [2.45, 2.75) is 68.0 Å². The van der Waals surface area contributed by atoms with Gasteiger partial charge in [-0.05, 0) is 68.8 Å². The molecule has 3 aliphatic heterocycles. The number of fused-ring (bicyclic) bond motifs is 4. The van der Waals surface area contributed by atoms with Crippen molar-refractivity contribution in [1.29, 1.82) is 0 Å². The summed E-state index contributed by atoms with van der Waals surface area (Å²) < 4.78 is 0.994. The van der Waals surface area contributed by atoms with Crippen molar-refractivity contribution in [2.75, 3.05) is 0 Å². The molecule has 11 rings (SSSR count). The third-order valence-corrected chi connectivity index (χ3v) is 12.1. The summed E-state index contributed by atoms with van der Waals surface area (Å²) in [6.45, 7) is 0. The Morgan fingerprint density at radius 3 is 1.22 bits per heavy atom. The molecule has 0 saturated carbocycles. The molecule has 3 spiro atoms. The molecule has 4 aromatic rings. The minimum Gasteiger partial charge on any atom is -0.478 e. The van der Waals surface area contributed by atoms with Crippen LogP contribution in [-0.2, 0) is 70.5 Å². The van der Waals surface area contributed by atoms with Gasteiger partial charge < -0.3 is 21.1 Å². The maximum atomic E-state index is 11.8. The lowest BCUT2D eigenvalue weighted by molar-refractivity contribution is -0.124. The fraction of sp³-hybridized carbons (Fsp3) is 0.256. The molecule has 0 radical (unpaired) electrons. The number of hydrogen-bond acceptors (Lipinski definition) is 8. The number of carbonyl (C=O) groups is 8. The molecule has 4 aromatic carbocycles. The third kappa shape index (κ3) is 7.58. The zero-order chi connectivity index (χ0) is 41.7. The molecule has 3 saturated heterocycles. The fourth-order valence-electron chi connectivity index (χ4n) is 8.79. The molecule has 7 aliphatic rings. The molecule has 0 aromatic heterocycles. The SMILES string of the molecule is O=C1Cc2ccccc2C1.O=C1NC(=O)C2(Cc3ccc(Br)cc3C2)N1.O=C1NC(=O)C2(Cc3ccc(C(=O)O)cc3C2)N1.O=C1NC(=O)C2(Cc3ccccc3C2)N1. The highest BCUT2D eigenvalue weighted by Crippen LogP contribution is 2.35. The number of urea groups is 3. The molecular weight excluding hydrogens is 824 g/mol. The van der Waals surface area contributed by atoms with E-state index in [0.717, 1.165) is 37.9 Å². The van der Waals surface area contributed by atoms with E-state index >= 15 is 0 Å². The Morgan fingerprint density at radius 1 is 0.475 bits per heavy atom. The summed E-state index contributed by atoms with van der Waals surface area (Å²) in [6.07, 6.45) is 4.38. The molecule has 7 N–H and O–H groups in total. The van der Waals surface area contributed by atoms with Gasteiger partial charge in [-0.1, -0.05) is 76.6 Å². The lowest BCUT2D eigenvalue weighted by Gasteiger charge is -2.18. The Labute approximate surface area is 345 Å². The number of carbonyl (C=O) groups excluding carboxylic acids is 7. The van der Waals surface area contributed by atoms with Crippen LogP contribution < -0.4 is 31.9 Å². The van der Waals surface area contributed by atoms with Gasteiger partial charge in [-0.15, -0.1) is 0 Å². The number of hydrogen-bond donors (Lipinski definition) is 7. The largest absolute Gasteiger partial charge is 0.478 e. The van der Waals surface area contributed by atoms with Crippen LogP contribution in [0, 0.1) is 0 Å². The standard InChI is InChI=1S/C12H10N2O4.C11H9BrN2O2.C11H10N2O2.C9H8O/c15-9(16)6-1-2-7-4-12(5-8(7)3-6)10(17)13-11(18)14-12;12-8-2-1-6-4-11(5-7(6)3-8)9(15)13-10(16)14-11;14-9-11(13-10(15)12-9)5-7-3-1-2-4-8(7)6-11;10-9-5-7-3-1-2-4-8(7)6-9/h1-3H,4-5H2,(H,15,16)(H2,13,14,17,18);1-3H,4-5H2,(H2,13,14,15,16);1-4H,5-6H2,(H2,12,13,14,15);1-4H,5-6H2. The number of Topliss-reactive ketones (excluding diaryl/α,β-unsaturated/α-hetero) is 1. The number of benzene rings is 4. The van der Waals surface area contributed by atoms with Crippen molar-refractivity contribution < 1.29 is 43.5 Å². The summed E-state index contributed by atoms with van der Waals surface area (Å²) in [7, 11) is 0. The van der Waals surface area contributed by atoms with Gasteiger partial charge in [0.15, 0.2) is 0 Å². The zero-order valence-corrected chi connectivity index (χ0v) is 32.9. The first-order chi connectivity index (χ1) is 28.1. The Hall–Kier alpha value is -6.68. The fourth-order valence-corrected chi connectivity index (χ4v) is 9.20. The lowest BCUT2D eigenvalue weighted by Crippen LogP contribution is -2.47. The van der Waals surface area contributed by atoms with E-state index in [1.807, 2.05) is 66.7 Å². The summed E-state index contributed by atoms with van der Waals surface area (Å²) in [4.78, 5) is 90.5. The van der Waals surface area contributed by atoms with E-state index in [1.165, 1.54) is 17.2 Å². The number of amides is 9. The quantitative estimate of drug-likeness (QED) is 0.140. The second kappa shape index (κ2) is 14.9. The third-order valence-electron chi connectivity index (χ3n) is 11.6. The average molecular weight is 862 g/mol. The Kier molecular flexibility index (Phi) is 9.90. The van der Waals surface area contributed by atoms with Gasteiger partial charge in [-0.25, -0.2) is 19.2 Å². The Balaban J connectivity index is 0.000000111. The van der Waals surface area contributed by atoms with Gasteiger partial charge in [0, 0.05) is 55.8 Å². The van der Waals surface area contributed by atoms with Crippen molar-refractivity contribution >= 4 is 63.5 Å². The topological polar surface area (TPSA) is 229 Å². The molecule has 300 valence electrons. The summed E-state index contributed by atoms with van der Waals surface area (Å²) in [5, 5.41) is 23.8. The highest BCUT2D eigenvalue weighted by Gasteiger charge is 2.52. The van der Waals surface area contributed by atoms with Crippen LogP contribution >= 0.6 is 15.9 Å². The van der Waals surface area contributed by atoms with Gasteiger partial charge in [0.05, 0.1) is 5.56 Å². The first-order valence-corrected chi connectivity index (χ1v) is 19.6. The number of ketones is 1. The smallest absolute Gasteiger partial charge is 0.335 e. The number of carboxylic acid groups (broad SMARTS) is 1. The van der Waals surface area contributed by atoms with Crippen LogP contribution in [0.15, 0.2) is 89.4 Å². The first-order valence-electron chi connectivity index (χ1n) is 18.8. The highest BCUT2D eigenvalue weighted by molar-refractivity contribution is 9.10. The van der Waals surface area contributed by atoms with Crippen LogP contribution in [0.4, 0.5) is 14.4 Å². The van der Waals surface area contributed by atoms with E-state index < -0.39 is 34.6 Å². The van der Waals surface area contributed by atoms with Gasteiger partial charge in [0.1, 0.15) is 22.4 Å². The average Bonchev–Trinajstić information content (AvgIpc) is 4.04. The summed E-state index contributed by atoms with van der Waals surface area (Å²) >= 11 is 3.40. The summed E-state index contributed by atoms with van der Waals surface area (Å²) in [5.74, 6) is -1.42. The number of nitrogens with one attached hydrogen (secondary N) is 6. The molecule has 3 heterocycles. The van der Waals surface area contributed by atoms with Crippen LogP contribution in [0.1, 0.15) is 54.9 Å². The molecule has 15 nitrogen and oxygen atoms in total. The van der Waals surface area contributed by atoms with E-state index in [0.29, 0.717) is 57.1 Å².